The monoisotopic (exact) mass is 466 g/mol. The number of para-hydroxylation sites is 1. The van der Waals surface area contributed by atoms with E-state index in [2.05, 4.69) is 15.5 Å². The van der Waals surface area contributed by atoms with Gasteiger partial charge in [0, 0.05) is 18.8 Å². The summed E-state index contributed by atoms with van der Waals surface area (Å²) < 4.78 is 69.8. The van der Waals surface area contributed by atoms with Gasteiger partial charge in [0.25, 0.3) is 0 Å². The molecule has 0 spiro atoms. The van der Waals surface area contributed by atoms with Gasteiger partial charge in [-0.1, -0.05) is 12.1 Å². The fourth-order valence-electron chi connectivity index (χ4n) is 2.58. The third-order valence-corrected chi connectivity index (χ3v) is 5.33. The molecule has 0 aliphatic rings. The third-order valence-electron chi connectivity index (χ3n) is 4.08. The van der Waals surface area contributed by atoms with Crippen molar-refractivity contribution in [3.05, 3.63) is 77.9 Å². The van der Waals surface area contributed by atoms with Crippen LogP contribution in [-0.2, 0) is 34.6 Å². The largest absolute Gasteiger partial charge is 0.416 e. The highest BCUT2D eigenvalue weighted by molar-refractivity contribution is 7.87. The average molecular weight is 466 g/mol. The highest BCUT2D eigenvalue weighted by atomic mass is 32.2. The molecule has 0 fully saturated rings. The van der Waals surface area contributed by atoms with Gasteiger partial charge >= 0.3 is 16.3 Å². The van der Waals surface area contributed by atoms with Crippen molar-refractivity contribution in [2.75, 3.05) is 0 Å². The molecule has 0 saturated heterocycles. The standard InChI is InChI=1S/C20H17F3N4O4S/c1-27-12-16(24-13-27)10-19(28)26-25-11-14-4-2-3-5-18(14)31-32(29,30)17-8-6-15(7-9-17)20(21,22)23/h2-9,11-13H,10H2,1H3,(H,26,28)/b25-11+. The average Bonchev–Trinajstić information content (AvgIpc) is 3.13. The van der Waals surface area contributed by atoms with Crippen LogP contribution in [0.1, 0.15) is 16.8 Å². The summed E-state index contributed by atoms with van der Waals surface area (Å²) in [7, 11) is -2.64. The summed E-state index contributed by atoms with van der Waals surface area (Å²) in [6.07, 6.45) is -0.172. The highest BCUT2D eigenvalue weighted by Gasteiger charge is 2.31. The Labute approximate surface area is 181 Å². The van der Waals surface area contributed by atoms with Crippen LogP contribution >= 0.6 is 0 Å². The van der Waals surface area contributed by atoms with Gasteiger partial charge in [-0.05, 0) is 36.4 Å². The van der Waals surface area contributed by atoms with E-state index in [1.54, 1.807) is 30.2 Å². The Balaban J connectivity index is 1.70. The number of hydrogen-bond acceptors (Lipinski definition) is 6. The number of amides is 1. The predicted molar refractivity (Wildman–Crippen MR) is 108 cm³/mol. The van der Waals surface area contributed by atoms with Gasteiger partial charge in [-0.3, -0.25) is 4.79 Å². The van der Waals surface area contributed by atoms with Crippen molar-refractivity contribution >= 4 is 22.2 Å². The summed E-state index contributed by atoms with van der Waals surface area (Å²) in [5.74, 6) is -0.550. The van der Waals surface area contributed by atoms with E-state index in [1.807, 2.05) is 0 Å². The van der Waals surface area contributed by atoms with Gasteiger partial charge in [-0.25, -0.2) is 10.4 Å². The Hall–Kier alpha value is -3.67. The van der Waals surface area contributed by atoms with Crippen molar-refractivity contribution in [3.63, 3.8) is 0 Å². The summed E-state index contributed by atoms with van der Waals surface area (Å²) in [4.78, 5) is 15.5. The van der Waals surface area contributed by atoms with Crippen LogP contribution < -0.4 is 9.61 Å². The number of rotatable bonds is 7. The molecular formula is C20H17F3N4O4S. The lowest BCUT2D eigenvalue weighted by Gasteiger charge is -2.11. The second kappa shape index (κ2) is 9.22. The van der Waals surface area contributed by atoms with Crippen molar-refractivity contribution < 1.29 is 30.6 Å². The first-order chi connectivity index (χ1) is 15.0. The number of benzene rings is 2. The molecule has 3 aromatic rings. The third kappa shape index (κ3) is 5.94. The van der Waals surface area contributed by atoms with E-state index in [1.165, 1.54) is 24.4 Å². The second-order valence-corrected chi connectivity index (χ2v) is 8.14. The van der Waals surface area contributed by atoms with Gasteiger partial charge in [0.2, 0.25) is 5.91 Å². The van der Waals surface area contributed by atoms with Gasteiger partial charge in [-0.2, -0.15) is 26.7 Å². The topological polar surface area (TPSA) is 103 Å². The molecule has 0 aliphatic carbocycles. The summed E-state index contributed by atoms with van der Waals surface area (Å²) >= 11 is 0. The Kier molecular flexibility index (Phi) is 6.63. The van der Waals surface area contributed by atoms with Crippen LogP contribution in [0.5, 0.6) is 5.75 Å². The van der Waals surface area contributed by atoms with Crippen LogP contribution in [0.15, 0.2) is 71.1 Å². The van der Waals surface area contributed by atoms with Crippen LogP contribution in [0.4, 0.5) is 13.2 Å². The maximum absolute atomic E-state index is 12.7. The van der Waals surface area contributed by atoms with Crippen molar-refractivity contribution in [1.29, 1.82) is 0 Å². The van der Waals surface area contributed by atoms with Gasteiger partial charge in [-0.15, -0.1) is 0 Å². The lowest BCUT2D eigenvalue weighted by Crippen LogP contribution is -2.20. The molecule has 0 aliphatic heterocycles. The normalized spacial score (nSPS) is 12.1. The number of hydrazone groups is 1. The van der Waals surface area contributed by atoms with Crippen LogP contribution in [0.3, 0.4) is 0 Å². The molecule has 12 heteroatoms. The minimum atomic E-state index is -4.59. The van der Waals surface area contributed by atoms with Crippen molar-refractivity contribution in [2.45, 2.75) is 17.5 Å². The number of carbonyl (C=O) groups is 1. The zero-order chi connectivity index (χ0) is 23.4. The van der Waals surface area contributed by atoms with Gasteiger partial charge < -0.3 is 8.75 Å². The molecule has 1 aromatic heterocycles. The molecule has 168 valence electrons. The number of carbonyl (C=O) groups excluding carboxylic acids is 1. The molecule has 0 saturated carbocycles. The van der Waals surface area contributed by atoms with E-state index >= 15 is 0 Å². The number of aryl methyl sites for hydroxylation is 1. The van der Waals surface area contributed by atoms with Crippen molar-refractivity contribution in [1.82, 2.24) is 15.0 Å². The molecule has 0 radical (unpaired) electrons. The second-order valence-electron chi connectivity index (χ2n) is 6.60. The van der Waals surface area contributed by atoms with E-state index in [4.69, 9.17) is 4.18 Å². The highest BCUT2D eigenvalue weighted by Crippen LogP contribution is 2.30. The number of hydrogen-bond donors (Lipinski definition) is 1. The lowest BCUT2D eigenvalue weighted by atomic mass is 10.2. The first-order valence-electron chi connectivity index (χ1n) is 9.04. The molecule has 3 rings (SSSR count). The van der Waals surface area contributed by atoms with Crippen LogP contribution in [0.25, 0.3) is 0 Å². The smallest absolute Gasteiger partial charge is 0.378 e. The van der Waals surface area contributed by atoms with Gasteiger partial charge in [0.05, 0.1) is 30.2 Å². The van der Waals surface area contributed by atoms with Crippen molar-refractivity contribution in [2.24, 2.45) is 12.1 Å². The summed E-state index contributed by atoms with van der Waals surface area (Å²) in [5, 5.41) is 3.79. The first kappa shape index (κ1) is 23.0. The quantitative estimate of drug-likeness (QED) is 0.328. The molecule has 8 nitrogen and oxygen atoms in total. The van der Waals surface area contributed by atoms with Crippen LogP contribution in [0.2, 0.25) is 0 Å². The molecule has 0 unspecified atom stereocenters. The number of imidazole rings is 1. The molecule has 1 N–H and O–H groups in total. The summed E-state index contributed by atoms with van der Waals surface area (Å²) in [6, 6.07) is 8.87. The Morgan fingerprint density at radius 3 is 2.50 bits per heavy atom. The fourth-order valence-corrected chi connectivity index (χ4v) is 3.53. The summed E-state index contributed by atoms with van der Waals surface area (Å²) in [5.41, 5.74) is 2.09. The molecule has 0 atom stereocenters. The first-order valence-corrected chi connectivity index (χ1v) is 10.4. The SMILES string of the molecule is Cn1cnc(CC(=O)N/N=C/c2ccccc2OS(=O)(=O)c2ccc(C(F)(F)F)cc2)c1. The molecule has 1 heterocycles. The zero-order valence-electron chi connectivity index (χ0n) is 16.6. The number of nitrogens with one attached hydrogen (secondary N) is 1. The number of halogens is 3. The maximum Gasteiger partial charge on any atom is 0.416 e. The minimum absolute atomic E-state index is 0.00136. The van der Waals surface area contributed by atoms with E-state index in [-0.39, 0.29) is 17.7 Å². The number of nitrogens with zero attached hydrogens (tertiary/aromatic N) is 3. The van der Waals surface area contributed by atoms with Gasteiger partial charge in [0.15, 0.2) is 5.75 Å². The predicted octanol–water partition coefficient (Wildman–Crippen LogP) is 2.90. The molecule has 2 aromatic carbocycles. The molecule has 1 amide bonds. The Bertz CT molecular complexity index is 1240. The Morgan fingerprint density at radius 1 is 1.19 bits per heavy atom. The van der Waals surface area contributed by atoms with Gasteiger partial charge in [0.1, 0.15) is 4.90 Å². The van der Waals surface area contributed by atoms with E-state index in [9.17, 15) is 26.4 Å². The maximum atomic E-state index is 12.7. The fraction of sp³-hybridized carbons (Fsp3) is 0.150. The summed E-state index contributed by atoms with van der Waals surface area (Å²) in [6.45, 7) is 0. The molecular weight excluding hydrogens is 449 g/mol. The molecule has 0 bridgehead atoms. The number of aromatic nitrogens is 2. The van der Waals surface area contributed by atoms with Crippen molar-refractivity contribution in [3.8, 4) is 5.75 Å². The van der Waals surface area contributed by atoms with Crippen LogP contribution in [0, 0.1) is 0 Å². The Morgan fingerprint density at radius 2 is 1.88 bits per heavy atom. The minimum Gasteiger partial charge on any atom is -0.378 e. The van der Waals surface area contributed by atoms with E-state index in [0.29, 0.717) is 17.8 Å². The van der Waals surface area contributed by atoms with E-state index < -0.39 is 32.7 Å². The van der Waals surface area contributed by atoms with Crippen LogP contribution in [-0.4, -0.2) is 30.1 Å². The lowest BCUT2D eigenvalue weighted by molar-refractivity contribution is -0.137. The molecule has 32 heavy (non-hydrogen) atoms. The number of alkyl halides is 3. The van der Waals surface area contributed by atoms with E-state index in [0.717, 1.165) is 12.1 Å². The zero-order valence-corrected chi connectivity index (χ0v) is 17.4.